The largest absolute Gasteiger partial charge is 0.355 e. The van der Waals surface area contributed by atoms with Gasteiger partial charge < -0.3 is 5.32 Å². The first-order valence-corrected chi connectivity index (χ1v) is 7.42. The van der Waals surface area contributed by atoms with E-state index < -0.39 is 15.8 Å². The van der Waals surface area contributed by atoms with Crippen LogP contribution in [0.4, 0.5) is 4.39 Å². The van der Waals surface area contributed by atoms with Crippen molar-refractivity contribution in [3.05, 3.63) is 29.6 Å². The van der Waals surface area contributed by atoms with Crippen molar-refractivity contribution in [2.45, 2.75) is 30.7 Å². The number of sulfonamides is 1. The van der Waals surface area contributed by atoms with Gasteiger partial charge in [0.15, 0.2) is 0 Å². The van der Waals surface area contributed by atoms with Crippen LogP contribution in [0.5, 0.6) is 0 Å². The smallest absolute Gasteiger partial charge is 0.240 e. The van der Waals surface area contributed by atoms with E-state index in [0.29, 0.717) is 12.8 Å². The lowest BCUT2D eigenvalue weighted by molar-refractivity contribution is -0.122. The fraction of sp³-hybridized carbons (Fsp3) is 0.417. The third-order valence-corrected chi connectivity index (χ3v) is 4.55. The van der Waals surface area contributed by atoms with Crippen LogP contribution in [0, 0.1) is 12.7 Å². The van der Waals surface area contributed by atoms with Crippen LogP contribution in [-0.4, -0.2) is 26.9 Å². The molecule has 1 amide bonds. The second-order valence-corrected chi connectivity index (χ2v) is 6.29. The van der Waals surface area contributed by atoms with Crippen LogP contribution in [-0.2, 0) is 14.8 Å². The highest BCUT2D eigenvalue weighted by Crippen LogP contribution is 2.15. The normalized spacial score (nSPS) is 20.1. The van der Waals surface area contributed by atoms with E-state index in [1.54, 1.807) is 0 Å². The molecule has 1 aromatic rings. The number of benzene rings is 1. The van der Waals surface area contributed by atoms with Gasteiger partial charge in [0.05, 0.1) is 4.90 Å². The van der Waals surface area contributed by atoms with Crippen molar-refractivity contribution >= 4 is 15.9 Å². The molecule has 2 N–H and O–H groups in total. The van der Waals surface area contributed by atoms with Crippen LogP contribution >= 0.6 is 0 Å². The minimum absolute atomic E-state index is 0.0308. The molecular weight excluding hydrogens is 271 g/mol. The number of hydrogen-bond donors (Lipinski definition) is 2. The number of amides is 1. The summed E-state index contributed by atoms with van der Waals surface area (Å²) >= 11 is 0. The van der Waals surface area contributed by atoms with Crippen molar-refractivity contribution in [1.29, 1.82) is 0 Å². The molecule has 7 heteroatoms. The van der Waals surface area contributed by atoms with Crippen molar-refractivity contribution in [1.82, 2.24) is 10.0 Å². The summed E-state index contributed by atoms with van der Waals surface area (Å²) in [4.78, 5) is 11.0. The summed E-state index contributed by atoms with van der Waals surface area (Å²) in [6.45, 7) is 1.79. The summed E-state index contributed by atoms with van der Waals surface area (Å²) in [7, 11) is -3.68. The fourth-order valence-electron chi connectivity index (χ4n) is 1.91. The fourth-order valence-corrected chi connectivity index (χ4v) is 3.26. The Bertz CT molecular complexity index is 591. The molecule has 0 saturated carbocycles. The molecule has 1 fully saturated rings. The lowest BCUT2D eigenvalue weighted by Crippen LogP contribution is -2.47. The molecule has 104 valence electrons. The molecule has 19 heavy (non-hydrogen) atoms. The lowest BCUT2D eigenvalue weighted by atomic mass is 10.1. The van der Waals surface area contributed by atoms with Crippen LogP contribution < -0.4 is 10.0 Å². The van der Waals surface area contributed by atoms with Crippen LogP contribution in [0.1, 0.15) is 18.4 Å². The highest BCUT2D eigenvalue weighted by molar-refractivity contribution is 7.89. The van der Waals surface area contributed by atoms with Crippen LogP contribution in [0.3, 0.4) is 0 Å². The highest BCUT2D eigenvalue weighted by Gasteiger charge is 2.24. The molecule has 0 unspecified atom stereocenters. The number of halogens is 1. The van der Waals surface area contributed by atoms with Crippen molar-refractivity contribution in [3.63, 3.8) is 0 Å². The molecule has 0 aliphatic carbocycles. The van der Waals surface area contributed by atoms with Gasteiger partial charge in [-0.1, -0.05) is 0 Å². The molecule has 0 spiro atoms. The maximum atomic E-state index is 13.1. The van der Waals surface area contributed by atoms with Gasteiger partial charge in [0.25, 0.3) is 0 Å². The first-order valence-electron chi connectivity index (χ1n) is 5.94. The number of hydrogen-bond acceptors (Lipinski definition) is 3. The van der Waals surface area contributed by atoms with Crippen LogP contribution in [0.2, 0.25) is 0 Å². The Morgan fingerprint density at radius 3 is 2.74 bits per heavy atom. The Labute approximate surface area is 111 Å². The molecule has 1 aliphatic heterocycles. The van der Waals surface area contributed by atoms with Crippen LogP contribution in [0.25, 0.3) is 0 Å². The highest BCUT2D eigenvalue weighted by atomic mass is 32.2. The van der Waals surface area contributed by atoms with Gasteiger partial charge in [0, 0.05) is 19.0 Å². The topological polar surface area (TPSA) is 75.3 Å². The van der Waals surface area contributed by atoms with Crippen LogP contribution in [0.15, 0.2) is 23.1 Å². The summed E-state index contributed by atoms with van der Waals surface area (Å²) in [5, 5.41) is 2.60. The minimum Gasteiger partial charge on any atom is -0.355 e. The number of nitrogens with one attached hydrogen (secondary N) is 2. The van der Waals surface area contributed by atoms with Gasteiger partial charge in [-0.25, -0.2) is 17.5 Å². The molecule has 1 saturated heterocycles. The Morgan fingerprint density at radius 2 is 2.16 bits per heavy atom. The van der Waals surface area contributed by atoms with Crippen molar-refractivity contribution < 1.29 is 17.6 Å². The zero-order valence-corrected chi connectivity index (χ0v) is 11.3. The van der Waals surface area contributed by atoms with E-state index in [0.717, 1.165) is 6.07 Å². The van der Waals surface area contributed by atoms with Gasteiger partial charge in [-0.15, -0.1) is 0 Å². The van der Waals surface area contributed by atoms with Crippen molar-refractivity contribution in [2.75, 3.05) is 6.54 Å². The number of rotatable bonds is 3. The van der Waals surface area contributed by atoms with E-state index in [1.165, 1.54) is 19.1 Å². The molecule has 0 aromatic heterocycles. The Hall–Kier alpha value is -1.47. The quantitative estimate of drug-likeness (QED) is 0.858. The summed E-state index contributed by atoms with van der Waals surface area (Å²) in [6, 6.07) is 3.32. The predicted octanol–water partition coefficient (Wildman–Crippen LogP) is 0.691. The number of piperidine rings is 1. The Morgan fingerprint density at radius 1 is 1.42 bits per heavy atom. The van der Waals surface area contributed by atoms with Crippen molar-refractivity contribution in [3.8, 4) is 0 Å². The summed E-state index contributed by atoms with van der Waals surface area (Å²) in [5.74, 6) is -0.517. The van der Waals surface area contributed by atoms with Gasteiger partial charge in [0.2, 0.25) is 15.9 Å². The Kier molecular flexibility index (Phi) is 3.86. The third kappa shape index (κ3) is 3.30. The van der Waals surface area contributed by atoms with Gasteiger partial charge in [-0.3, -0.25) is 4.79 Å². The molecule has 1 heterocycles. The predicted molar refractivity (Wildman–Crippen MR) is 67.5 cm³/mol. The zero-order valence-electron chi connectivity index (χ0n) is 10.4. The number of carbonyl (C=O) groups is 1. The minimum atomic E-state index is -3.68. The first-order chi connectivity index (χ1) is 8.88. The van der Waals surface area contributed by atoms with Gasteiger partial charge in [-0.2, -0.15) is 0 Å². The molecular formula is C12H15FN2O3S. The van der Waals surface area contributed by atoms with Gasteiger partial charge in [0.1, 0.15) is 5.82 Å². The monoisotopic (exact) mass is 286 g/mol. The average Bonchev–Trinajstić information content (AvgIpc) is 2.35. The molecule has 1 aromatic carbocycles. The third-order valence-electron chi connectivity index (χ3n) is 3.03. The summed E-state index contributed by atoms with van der Waals surface area (Å²) < 4.78 is 39.8. The van der Waals surface area contributed by atoms with Gasteiger partial charge in [-0.05, 0) is 37.1 Å². The first kappa shape index (κ1) is 14.0. The Balaban J connectivity index is 2.13. The van der Waals surface area contributed by atoms with Gasteiger partial charge >= 0.3 is 0 Å². The number of carbonyl (C=O) groups excluding carboxylic acids is 1. The van der Waals surface area contributed by atoms with E-state index in [9.17, 15) is 17.6 Å². The molecule has 1 atom stereocenters. The second-order valence-electron chi connectivity index (χ2n) is 4.57. The van der Waals surface area contributed by atoms with Crippen molar-refractivity contribution in [2.24, 2.45) is 0 Å². The molecule has 2 rings (SSSR count). The molecule has 0 radical (unpaired) electrons. The molecule has 0 bridgehead atoms. The van der Waals surface area contributed by atoms with E-state index in [4.69, 9.17) is 0 Å². The zero-order chi connectivity index (χ0) is 14.0. The maximum Gasteiger partial charge on any atom is 0.240 e. The standard InChI is InChI=1S/C12H15FN2O3S/c1-8-6-10(3-4-11(8)13)19(17,18)15-9-2-5-12(16)14-7-9/h3-4,6,9,15H,2,5,7H2,1H3,(H,14,16)/t9-/m1/s1. The SMILES string of the molecule is Cc1cc(S(=O)(=O)N[C@@H]2CCC(=O)NC2)ccc1F. The summed E-state index contributed by atoms with van der Waals surface area (Å²) in [6.07, 6.45) is 0.765. The number of aryl methyl sites for hydroxylation is 1. The molecule has 5 nitrogen and oxygen atoms in total. The average molecular weight is 286 g/mol. The molecule has 1 aliphatic rings. The summed E-state index contributed by atoms with van der Waals surface area (Å²) in [5.41, 5.74) is 0.278. The lowest BCUT2D eigenvalue weighted by Gasteiger charge is -2.23. The van der Waals surface area contributed by atoms with E-state index in [2.05, 4.69) is 10.0 Å². The van der Waals surface area contributed by atoms with E-state index in [1.807, 2.05) is 0 Å². The maximum absolute atomic E-state index is 13.1. The van der Waals surface area contributed by atoms with E-state index in [-0.39, 0.29) is 29.0 Å². The van der Waals surface area contributed by atoms with E-state index >= 15 is 0 Å². The second kappa shape index (κ2) is 5.26.